The summed E-state index contributed by atoms with van der Waals surface area (Å²) in [6.45, 7) is 1.65. The summed E-state index contributed by atoms with van der Waals surface area (Å²) in [5, 5.41) is 6.89. The second kappa shape index (κ2) is 6.82. The van der Waals surface area contributed by atoms with Crippen LogP contribution in [0.2, 0.25) is 0 Å². The van der Waals surface area contributed by atoms with E-state index in [4.69, 9.17) is 9.90 Å². The van der Waals surface area contributed by atoms with Crippen LogP contribution in [0.1, 0.15) is 25.7 Å². The molecule has 16 heavy (non-hydrogen) atoms. The van der Waals surface area contributed by atoms with Crippen LogP contribution in [0.4, 0.5) is 0 Å². The predicted octanol–water partition coefficient (Wildman–Crippen LogP) is 1.59. The normalized spacial score (nSPS) is 18.5. The largest absolute Gasteiger partial charge is 0.483 e. The van der Waals surface area contributed by atoms with Gasteiger partial charge >= 0.3 is 0 Å². The fourth-order valence-electron chi connectivity index (χ4n) is 1.87. The number of carboxylic acid groups (broad SMARTS) is 1. The highest BCUT2D eigenvalue weighted by Gasteiger charge is 2.20. The molecule has 1 aliphatic carbocycles. The van der Waals surface area contributed by atoms with Gasteiger partial charge in [-0.15, -0.1) is 0 Å². The Hall–Kier alpha value is -1.58. The summed E-state index contributed by atoms with van der Waals surface area (Å²) in [5.41, 5.74) is 0.896. The fraction of sp³-hybridized carbons (Fsp3) is 0.500. The fourth-order valence-corrected chi connectivity index (χ4v) is 1.87. The summed E-state index contributed by atoms with van der Waals surface area (Å²) in [6.07, 6.45) is 10.5. The Morgan fingerprint density at radius 2 is 1.94 bits per heavy atom. The molecule has 88 valence electrons. The zero-order valence-electron chi connectivity index (χ0n) is 9.26. The van der Waals surface area contributed by atoms with E-state index in [1.807, 2.05) is 11.0 Å². The molecule has 4 nitrogen and oxygen atoms in total. The van der Waals surface area contributed by atoms with E-state index >= 15 is 0 Å². The lowest BCUT2D eigenvalue weighted by Crippen LogP contribution is -2.28. The Bertz CT molecular complexity index is 301. The Labute approximate surface area is 95.2 Å². The van der Waals surface area contributed by atoms with Gasteiger partial charge in [0.2, 0.25) is 0 Å². The molecule has 4 heteroatoms. The lowest BCUT2D eigenvalue weighted by atomic mass is 10.1. The monoisotopic (exact) mass is 223 g/mol. The molecule has 0 aromatic carbocycles. The zero-order valence-corrected chi connectivity index (χ0v) is 9.26. The maximum absolute atomic E-state index is 11.8. The summed E-state index contributed by atoms with van der Waals surface area (Å²) in [4.78, 5) is 22.1. The van der Waals surface area contributed by atoms with Gasteiger partial charge in [-0.05, 0) is 25.7 Å². The Balaban J connectivity index is 0.000000386. The average molecular weight is 223 g/mol. The minimum Gasteiger partial charge on any atom is -0.483 e. The standard InChI is InChI=1S/C11H15NO.CH2O2/c13-11(12-8-4-5-9-12)10-6-2-1-3-7-10;2-1-3/h2,6-7H,1,3-5,8-9H2;1H,(H,2,3). The maximum atomic E-state index is 11.8. The number of rotatable bonds is 1. The Kier molecular flexibility index (Phi) is 5.32. The number of hydrogen-bond donors (Lipinski definition) is 1. The van der Waals surface area contributed by atoms with Gasteiger partial charge in [-0.1, -0.05) is 18.2 Å². The minimum absolute atomic E-state index is 0.230. The predicted molar refractivity (Wildman–Crippen MR) is 61.0 cm³/mol. The van der Waals surface area contributed by atoms with Crippen molar-refractivity contribution in [1.29, 1.82) is 0 Å². The number of hydrogen-bond acceptors (Lipinski definition) is 2. The van der Waals surface area contributed by atoms with Crippen molar-refractivity contribution in [2.75, 3.05) is 13.1 Å². The Morgan fingerprint density at radius 3 is 2.44 bits per heavy atom. The van der Waals surface area contributed by atoms with E-state index < -0.39 is 0 Å². The maximum Gasteiger partial charge on any atom is 0.290 e. The summed E-state index contributed by atoms with van der Waals surface area (Å²) in [6, 6.07) is 0. The molecular formula is C12H17NO3. The molecule has 1 heterocycles. The van der Waals surface area contributed by atoms with Crippen molar-refractivity contribution in [3.05, 3.63) is 23.8 Å². The van der Waals surface area contributed by atoms with Crippen molar-refractivity contribution in [2.45, 2.75) is 25.7 Å². The van der Waals surface area contributed by atoms with Crippen molar-refractivity contribution < 1.29 is 14.7 Å². The van der Waals surface area contributed by atoms with Gasteiger partial charge in [-0.2, -0.15) is 0 Å². The van der Waals surface area contributed by atoms with Gasteiger partial charge in [0.1, 0.15) is 0 Å². The van der Waals surface area contributed by atoms with Crippen LogP contribution in [0.5, 0.6) is 0 Å². The van der Waals surface area contributed by atoms with Gasteiger partial charge in [0.15, 0.2) is 0 Å². The summed E-state index contributed by atoms with van der Waals surface area (Å²) < 4.78 is 0. The van der Waals surface area contributed by atoms with Crippen molar-refractivity contribution in [3.8, 4) is 0 Å². The van der Waals surface area contributed by atoms with Crippen LogP contribution in [0.3, 0.4) is 0 Å². The molecule has 1 aliphatic heterocycles. The highest BCUT2D eigenvalue weighted by atomic mass is 16.3. The van der Waals surface area contributed by atoms with Gasteiger partial charge in [0.05, 0.1) is 0 Å². The van der Waals surface area contributed by atoms with Crippen LogP contribution in [0, 0.1) is 0 Å². The molecular weight excluding hydrogens is 206 g/mol. The van der Waals surface area contributed by atoms with E-state index in [2.05, 4.69) is 12.2 Å². The van der Waals surface area contributed by atoms with Gasteiger partial charge in [0.25, 0.3) is 12.4 Å². The van der Waals surface area contributed by atoms with Crippen molar-refractivity contribution >= 4 is 12.4 Å². The van der Waals surface area contributed by atoms with E-state index in [1.165, 1.54) is 12.8 Å². The lowest BCUT2D eigenvalue weighted by molar-refractivity contribution is -0.126. The number of likely N-dealkylation sites (tertiary alicyclic amines) is 1. The highest BCUT2D eigenvalue weighted by Crippen LogP contribution is 2.16. The van der Waals surface area contributed by atoms with Crippen LogP contribution >= 0.6 is 0 Å². The SMILES string of the molecule is O=C(C1=CCCC=C1)N1CCCC1.O=CO. The number of allylic oxidation sites excluding steroid dienone is 2. The summed E-state index contributed by atoms with van der Waals surface area (Å²) >= 11 is 0. The second-order valence-corrected chi connectivity index (χ2v) is 3.74. The smallest absolute Gasteiger partial charge is 0.290 e. The Morgan fingerprint density at radius 1 is 1.31 bits per heavy atom. The molecule has 1 fully saturated rings. The number of carbonyl (C=O) groups excluding carboxylic acids is 1. The molecule has 0 aromatic heterocycles. The van der Waals surface area contributed by atoms with Crippen molar-refractivity contribution in [1.82, 2.24) is 4.90 Å². The molecule has 0 radical (unpaired) electrons. The third-order valence-corrected chi connectivity index (χ3v) is 2.64. The molecule has 0 atom stereocenters. The van der Waals surface area contributed by atoms with Crippen LogP contribution in [-0.2, 0) is 9.59 Å². The van der Waals surface area contributed by atoms with Crippen LogP contribution in [0.25, 0.3) is 0 Å². The molecule has 0 bridgehead atoms. The van der Waals surface area contributed by atoms with E-state index in [-0.39, 0.29) is 12.4 Å². The number of nitrogens with zero attached hydrogens (tertiary/aromatic N) is 1. The molecule has 0 spiro atoms. The van der Waals surface area contributed by atoms with Gasteiger partial charge in [0, 0.05) is 18.7 Å². The molecule has 2 aliphatic rings. The molecule has 1 saturated heterocycles. The molecule has 1 amide bonds. The molecule has 0 unspecified atom stereocenters. The highest BCUT2D eigenvalue weighted by molar-refractivity contribution is 5.96. The van der Waals surface area contributed by atoms with Crippen molar-refractivity contribution in [2.24, 2.45) is 0 Å². The van der Waals surface area contributed by atoms with Crippen LogP contribution in [0.15, 0.2) is 23.8 Å². The first-order chi connectivity index (χ1) is 7.79. The number of carbonyl (C=O) groups is 2. The van der Waals surface area contributed by atoms with E-state index in [0.717, 1.165) is 31.5 Å². The van der Waals surface area contributed by atoms with Gasteiger partial charge < -0.3 is 10.0 Å². The average Bonchev–Trinajstić information content (AvgIpc) is 2.84. The van der Waals surface area contributed by atoms with Crippen LogP contribution < -0.4 is 0 Å². The zero-order chi connectivity index (χ0) is 11.8. The first kappa shape index (κ1) is 12.5. The van der Waals surface area contributed by atoms with E-state index in [1.54, 1.807) is 0 Å². The second-order valence-electron chi connectivity index (χ2n) is 3.74. The molecule has 1 N–H and O–H groups in total. The van der Waals surface area contributed by atoms with E-state index in [0.29, 0.717) is 0 Å². The molecule has 0 saturated carbocycles. The van der Waals surface area contributed by atoms with Crippen molar-refractivity contribution in [3.63, 3.8) is 0 Å². The summed E-state index contributed by atoms with van der Waals surface area (Å²) in [5.74, 6) is 0.230. The van der Waals surface area contributed by atoms with Crippen LogP contribution in [-0.4, -0.2) is 35.5 Å². The third kappa shape index (κ3) is 3.53. The van der Waals surface area contributed by atoms with Gasteiger partial charge in [-0.3, -0.25) is 9.59 Å². The number of amides is 1. The first-order valence-electron chi connectivity index (χ1n) is 5.53. The first-order valence-corrected chi connectivity index (χ1v) is 5.53. The van der Waals surface area contributed by atoms with Gasteiger partial charge in [-0.25, -0.2) is 0 Å². The third-order valence-electron chi connectivity index (χ3n) is 2.64. The summed E-state index contributed by atoms with van der Waals surface area (Å²) in [7, 11) is 0. The minimum atomic E-state index is -0.250. The molecule has 0 aromatic rings. The lowest BCUT2D eigenvalue weighted by Gasteiger charge is -2.16. The quantitative estimate of drug-likeness (QED) is 0.687. The topological polar surface area (TPSA) is 57.6 Å². The molecule has 2 rings (SSSR count). The van der Waals surface area contributed by atoms with E-state index in [9.17, 15) is 4.79 Å².